The third kappa shape index (κ3) is 5.21. The predicted molar refractivity (Wildman–Crippen MR) is 81.0 cm³/mol. The van der Waals surface area contributed by atoms with E-state index in [1.165, 1.54) is 17.9 Å². The van der Waals surface area contributed by atoms with Gasteiger partial charge in [0.1, 0.15) is 0 Å². The maximum Gasteiger partial charge on any atom is 0.222 e. The van der Waals surface area contributed by atoms with Crippen LogP contribution >= 0.6 is 11.8 Å². The topological polar surface area (TPSA) is 20.3 Å². The zero-order valence-corrected chi connectivity index (χ0v) is 13.3. The summed E-state index contributed by atoms with van der Waals surface area (Å²) in [6.45, 7) is 11.0. The maximum absolute atomic E-state index is 12.1. The molecule has 1 heterocycles. The molecule has 1 rings (SSSR count). The summed E-state index contributed by atoms with van der Waals surface area (Å²) < 4.78 is 0. The zero-order chi connectivity index (χ0) is 13.6. The van der Waals surface area contributed by atoms with Crippen molar-refractivity contribution in [2.75, 3.05) is 24.6 Å². The van der Waals surface area contributed by atoms with Gasteiger partial charge in [-0.3, -0.25) is 4.79 Å². The van der Waals surface area contributed by atoms with Crippen LogP contribution in [0.1, 0.15) is 53.4 Å². The molecule has 2 nitrogen and oxygen atoms in total. The lowest BCUT2D eigenvalue weighted by atomic mass is 9.77. The molecule has 0 N–H and O–H groups in total. The van der Waals surface area contributed by atoms with Gasteiger partial charge in [-0.05, 0) is 42.1 Å². The van der Waals surface area contributed by atoms with Crippen LogP contribution in [0.15, 0.2) is 0 Å². The van der Waals surface area contributed by atoms with Crippen LogP contribution < -0.4 is 0 Å². The third-order valence-corrected chi connectivity index (χ3v) is 4.94. The molecule has 1 unspecified atom stereocenters. The maximum atomic E-state index is 12.1. The third-order valence-electron chi connectivity index (χ3n) is 3.95. The molecule has 0 aliphatic carbocycles. The zero-order valence-electron chi connectivity index (χ0n) is 12.5. The van der Waals surface area contributed by atoms with Crippen LogP contribution in [0.3, 0.4) is 0 Å². The van der Waals surface area contributed by atoms with Gasteiger partial charge in [0, 0.05) is 19.5 Å². The normalized spacial score (nSPS) is 22.1. The summed E-state index contributed by atoms with van der Waals surface area (Å²) >= 11 is 1.97. The van der Waals surface area contributed by atoms with Crippen molar-refractivity contribution in [1.82, 2.24) is 4.90 Å². The van der Waals surface area contributed by atoms with Crippen LogP contribution in [0, 0.1) is 11.3 Å². The Labute approximate surface area is 117 Å². The molecule has 1 aliphatic heterocycles. The van der Waals surface area contributed by atoms with Crippen LogP contribution in [0.4, 0.5) is 0 Å². The number of rotatable bonds is 5. The number of amides is 1. The van der Waals surface area contributed by atoms with Gasteiger partial charge < -0.3 is 4.90 Å². The summed E-state index contributed by atoms with van der Waals surface area (Å²) in [4.78, 5) is 14.2. The number of thioether (sulfide) groups is 1. The molecule has 1 fully saturated rings. The molecule has 1 amide bonds. The highest BCUT2D eigenvalue weighted by Gasteiger charge is 2.29. The Morgan fingerprint density at radius 1 is 1.33 bits per heavy atom. The first-order valence-corrected chi connectivity index (χ1v) is 8.46. The largest absolute Gasteiger partial charge is 0.343 e. The SMILES string of the molecule is CCSCCCN1CCC(C(C)(C)C)CCC1=O. The van der Waals surface area contributed by atoms with Crippen LogP contribution in [0.5, 0.6) is 0 Å². The molecule has 0 radical (unpaired) electrons. The second-order valence-electron chi connectivity index (χ2n) is 6.32. The van der Waals surface area contributed by atoms with Crippen LogP contribution in [-0.4, -0.2) is 35.4 Å². The van der Waals surface area contributed by atoms with E-state index in [0.29, 0.717) is 17.2 Å². The minimum atomic E-state index is 0.342. The lowest BCUT2D eigenvalue weighted by Gasteiger charge is -2.29. The van der Waals surface area contributed by atoms with Crippen LogP contribution in [0.2, 0.25) is 0 Å². The molecular formula is C15H29NOS. The Morgan fingerprint density at radius 3 is 2.67 bits per heavy atom. The number of likely N-dealkylation sites (tertiary alicyclic amines) is 1. The van der Waals surface area contributed by atoms with Gasteiger partial charge in [-0.2, -0.15) is 11.8 Å². The number of hydrogen-bond acceptors (Lipinski definition) is 2. The van der Waals surface area contributed by atoms with E-state index in [1.54, 1.807) is 0 Å². The Kier molecular flexibility index (Phi) is 6.54. The number of carbonyl (C=O) groups excluding carboxylic acids is 1. The number of nitrogens with zero attached hydrogens (tertiary/aromatic N) is 1. The first-order valence-electron chi connectivity index (χ1n) is 7.30. The Balaban J connectivity index is 2.39. The lowest BCUT2D eigenvalue weighted by Crippen LogP contribution is -2.32. The Hall–Kier alpha value is -0.180. The van der Waals surface area contributed by atoms with Crippen molar-refractivity contribution in [2.24, 2.45) is 11.3 Å². The van der Waals surface area contributed by atoms with Gasteiger partial charge in [-0.1, -0.05) is 27.7 Å². The quantitative estimate of drug-likeness (QED) is 0.709. The Bertz CT molecular complexity index is 260. The van der Waals surface area contributed by atoms with Gasteiger partial charge in [-0.15, -0.1) is 0 Å². The van der Waals surface area contributed by atoms with E-state index in [4.69, 9.17) is 0 Å². The van der Waals surface area contributed by atoms with Gasteiger partial charge >= 0.3 is 0 Å². The van der Waals surface area contributed by atoms with E-state index in [1.807, 2.05) is 11.8 Å². The molecule has 3 heteroatoms. The highest BCUT2D eigenvalue weighted by Crippen LogP contribution is 2.34. The molecule has 0 aromatic heterocycles. The van der Waals surface area contributed by atoms with Gasteiger partial charge in [-0.25, -0.2) is 0 Å². The molecule has 1 atom stereocenters. The van der Waals surface area contributed by atoms with Crippen LogP contribution in [0.25, 0.3) is 0 Å². The van der Waals surface area contributed by atoms with E-state index in [2.05, 4.69) is 32.6 Å². The monoisotopic (exact) mass is 271 g/mol. The molecular weight excluding hydrogens is 242 g/mol. The fourth-order valence-electron chi connectivity index (χ4n) is 2.64. The fraction of sp³-hybridized carbons (Fsp3) is 0.933. The van der Waals surface area contributed by atoms with E-state index in [-0.39, 0.29) is 0 Å². The highest BCUT2D eigenvalue weighted by molar-refractivity contribution is 7.99. The minimum Gasteiger partial charge on any atom is -0.343 e. The molecule has 1 saturated heterocycles. The summed E-state index contributed by atoms with van der Waals surface area (Å²) in [6.07, 6.45) is 4.14. The van der Waals surface area contributed by atoms with Gasteiger partial charge in [0.15, 0.2) is 0 Å². The highest BCUT2D eigenvalue weighted by atomic mass is 32.2. The standard InChI is InChI=1S/C15H29NOS/c1-5-18-12-6-10-16-11-9-13(15(2,3)4)7-8-14(16)17/h13H,5-12H2,1-4H3. The first kappa shape index (κ1) is 15.9. The molecule has 1 aliphatic rings. The summed E-state index contributed by atoms with van der Waals surface area (Å²) in [5.41, 5.74) is 0.342. The van der Waals surface area contributed by atoms with Crippen molar-refractivity contribution >= 4 is 17.7 Å². The second kappa shape index (κ2) is 7.42. The van der Waals surface area contributed by atoms with Gasteiger partial charge in [0.05, 0.1) is 0 Å². The molecule has 18 heavy (non-hydrogen) atoms. The van der Waals surface area contributed by atoms with Crippen molar-refractivity contribution in [2.45, 2.75) is 53.4 Å². The molecule has 106 valence electrons. The van der Waals surface area contributed by atoms with E-state index in [0.717, 1.165) is 32.4 Å². The van der Waals surface area contributed by atoms with E-state index >= 15 is 0 Å². The predicted octanol–water partition coefficient (Wildman–Crippen LogP) is 3.80. The Morgan fingerprint density at radius 2 is 2.06 bits per heavy atom. The van der Waals surface area contributed by atoms with Gasteiger partial charge in [0.25, 0.3) is 0 Å². The van der Waals surface area contributed by atoms with E-state index < -0.39 is 0 Å². The van der Waals surface area contributed by atoms with Gasteiger partial charge in [0.2, 0.25) is 5.91 Å². The van der Waals surface area contributed by atoms with Crippen molar-refractivity contribution in [3.05, 3.63) is 0 Å². The first-order chi connectivity index (χ1) is 8.45. The molecule has 0 bridgehead atoms. The molecule has 0 spiro atoms. The molecule has 0 saturated carbocycles. The molecule has 0 aromatic rings. The number of carbonyl (C=O) groups is 1. The van der Waals surface area contributed by atoms with Crippen molar-refractivity contribution in [3.8, 4) is 0 Å². The van der Waals surface area contributed by atoms with E-state index in [9.17, 15) is 4.79 Å². The molecule has 0 aromatic carbocycles. The van der Waals surface area contributed by atoms with Crippen molar-refractivity contribution in [3.63, 3.8) is 0 Å². The van der Waals surface area contributed by atoms with Crippen LogP contribution in [-0.2, 0) is 4.79 Å². The minimum absolute atomic E-state index is 0.342. The summed E-state index contributed by atoms with van der Waals surface area (Å²) in [5.74, 6) is 3.43. The second-order valence-corrected chi connectivity index (χ2v) is 7.72. The average molecular weight is 271 g/mol. The summed E-state index contributed by atoms with van der Waals surface area (Å²) in [7, 11) is 0. The smallest absolute Gasteiger partial charge is 0.222 e. The summed E-state index contributed by atoms with van der Waals surface area (Å²) in [5, 5.41) is 0. The van der Waals surface area contributed by atoms with Crippen molar-refractivity contribution in [1.29, 1.82) is 0 Å². The van der Waals surface area contributed by atoms with Crippen molar-refractivity contribution < 1.29 is 4.79 Å². The number of hydrogen-bond donors (Lipinski definition) is 0. The lowest BCUT2D eigenvalue weighted by molar-refractivity contribution is -0.130. The summed E-state index contributed by atoms with van der Waals surface area (Å²) in [6, 6.07) is 0. The average Bonchev–Trinajstić information content (AvgIpc) is 2.47. The fourth-order valence-corrected chi connectivity index (χ4v) is 3.26.